The van der Waals surface area contributed by atoms with Crippen LogP contribution in [0.25, 0.3) is 0 Å². The summed E-state index contributed by atoms with van der Waals surface area (Å²) in [6, 6.07) is 10.2. The molecule has 0 atom stereocenters. The lowest BCUT2D eigenvalue weighted by Gasteiger charge is -2.17. The van der Waals surface area contributed by atoms with Crippen molar-refractivity contribution < 1.29 is 4.74 Å². The van der Waals surface area contributed by atoms with Gasteiger partial charge in [-0.1, -0.05) is 30.3 Å². The second kappa shape index (κ2) is 8.81. The molecule has 0 aliphatic heterocycles. The van der Waals surface area contributed by atoms with Crippen LogP contribution in [0.4, 0.5) is 0 Å². The Balaban J connectivity index is 0.00000256. The first kappa shape index (κ1) is 16.8. The second-order valence-corrected chi connectivity index (χ2v) is 5.74. The average molecular weight is 276 g/mol. The van der Waals surface area contributed by atoms with Crippen molar-refractivity contribution in [1.82, 2.24) is 5.32 Å². The zero-order valence-electron chi connectivity index (χ0n) is 10.5. The van der Waals surface area contributed by atoms with Gasteiger partial charge in [-0.3, -0.25) is 0 Å². The minimum atomic E-state index is 0. The third kappa shape index (κ3) is 9.48. The lowest BCUT2D eigenvalue weighted by molar-refractivity contribution is 0.122. The Morgan fingerprint density at radius 2 is 1.88 bits per heavy atom. The molecule has 0 radical (unpaired) electrons. The highest BCUT2D eigenvalue weighted by Gasteiger charge is 2.09. The third-order valence-corrected chi connectivity index (χ3v) is 2.25. The van der Waals surface area contributed by atoms with Gasteiger partial charge in [0.2, 0.25) is 0 Å². The Kier molecular flexibility index (Phi) is 8.70. The van der Waals surface area contributed by atoms with Crippen LogP contribution in [-0.2, 0) is 11.3 Å². The summed E-state index contributed by atoms with van der Waals surface area (Å²) in [7, 11) is 0. The fourth-order valence-electron chi connectivity index (χ4n) is 1.30. The molecule has 2 nitrogen and oxygen atoms in total. The van der Waals surface area contributed by atoms with E-state index in [9.17, 15) is 0 Å². The number of rotatable bonds is 7. The fraction of sp³-hybridized carbons (Fsp3) is 0.538. The Morgan fingerprint density at radius 3 is 2.47 bits per heavy atom. The van der Waals surface area contributed by atoms with Gasteiger partial charge in [0.1, 0.15) is 0 Å². The summed E-state index contributed by atoms with van der Waals surface area (Å²) in [5.74, 6) is 0. The summed E-state index contributed by atoms with van der Waals surface area (Å²) >= 11 is 4.43. The Morgan fingerprint density at radius 1 is 1.24 bits per heavy atom. The normalized spacial score (nSPS) is 11.0. The van der Waals surface area contributed by atoms with Gasteiger partial charge in [-0.05, 0) is 19.4 Å². The summed E-state index contributed by atoms with van der Waals surface area (Å²) in [5, 5.41) is 3.31. The van der Waals surface area contributed by atoms with Crippen LogP contribution in [0.15, 0.2) is 30.3 Å². The van der Waals surface area contributed by atoms with Gasteiger partial charge in [-0.2, -0.15) is 12.6 Å². The molecule has 0 unspecified atom stereocenters. The molecular formula is C13H22ClNOS. The van der Waals surface area contributed by atoms with Crippen molar-refractivity contribution in [2.24, 2.45) is 0 Å². The topological polar surface area (TPSA) is 21.3 Å². The molecule has 0 aliphatic rings. The van der Waals surface area contributed by atoms with Crippen molar-refractivity contribution >= 4 is 25.0 Å². The smallest absolute Gasteiger partial charge is 0.0717 e. The number of halogens is 1. The van der Waals surface area contributed by atoms with Crippen LogP contribution in [0.1, 0.15) is 19.4 Å². The van der Waals surface area contributed by atoms with Crippen molar-refractivity contribution in [3.05, 3.63) is 35.9 Å². The van der Waals surface area contributed by atoms with E-state index in [1.165, 1.54) is 5.56 Å². The van der Waals surface area contributed by atoms with E-state index in [0.29, 0.717) is 6.61 Å². The highest BCUT2D eigenvalue weighted by atomic mass is 35.5. The van der Waals surface area contributed by atoms with Gasteiger partial charge in [0.25, 0.3) is 0 Å². The Labute approximate surface area is 116 Å². The lowest BCUT2D eigenvalue weighted by Crippen LogP contribution is -2.32. The van der Waals surface area contributed by atoms with Gasteiger partial charge in [0.15, 0.2) is 0 Å². The molecule has 17 heavy (non-hydrogen) atoms. The van der Waals surface area contributed by atoms with E-state index in [4.69, 9.17) is 4.74 Å². The number of hydrogen-bond acceptors (Lipinski definition) is 3. The highest BCUT2D eigenvalue weighted by Crippen LogP contribution is 2.08. The van der Waals surface area contributed by atoms with E-state index in [1.807, 2.05) is 18.2 Å². The van der Waals surface area contributed by atoms with E-state index in [2.05, 4.69) is 43.9 Å². The molecule has 0 heterocycles. The van der Waals surface area contributed by atoms with Crippen molar-refractivity contribution in [3.63, 3.8) is 0 Å². The van der Waals surface area contributed by atoms with E-state index in [1.54, 1.807) is 0 Å². The molecule has 98 valence electrons. The van der Waals surface area contributed by atoms with Crippen molar-refractivity contribution in [1.29, 1.82) is 0 Å². The third-order valence-electron chi connectivity index (χ3n) is 2.09. The van der Waals surface area contributed by atoms with E-state index in [-0.39, 0.29) is 17.2 Å². The van der Waals surface area contributed by atoms with Gasteiger partial charge >= 0.3 is 0 Å². The maximum Gasteiger partial charge on any atom is 0.0717 e. The summed E-state index contributed by atoms with van der Waals surface area (Å²) in [6.07, 6.45) is 0. The number of nitrogens with one attached hydrogen (secondary N) is 1. The zero-order chi connectivity index (χ0) is 11.9. The number of ether oxygens (including phenoxy) is 1. The predicted octanol–water partition coefficient (Wildman–Crippen LogP) is 2.92. The van der Waals surface area contributed by atoms with Crippen LogP contribution in [0, 0.1) is 0 Å². The summed E-state index contributed by atoms with van der Waals surface area (Å²) < 4.78 is 5.59. The van der Waals surface area contributed by atoms with Gasteiger partial charge in [0.05, 0.1) is 13.2 Å². The van der Waals surface area contributed by atoms with E-state index < -0.39 is 0 Å². The van der Waals surface area contributed by atoms with Crippen LogP contribution < -0.4 is 5.32 Å². The van der Waals surface area contributed by atoms with Gasteiger partial charge < -0.3 is 10.1 Å². The maximum atomic E-state index is 5.55. The van der Waals surface area contributed by atoms with Crippen molar-refractivity contribution in [2.75, 3.05) is 19.7 Å². The Bertz CT molecular complexity index is 287. The molecule has 1 aromatic carbocycles. The van der Waals surface area contributed by atoms with Crippen LogP contribution in [0.2, 0.25) is 0 Å². The largest absolute Gasteiger partial charge is 0.375 e. The molecule has 4 heteroatoms. The first-order valence-corrected chi connectivity index (χ1v) is 6.07. The fourth-order valence-corrected chi connectivity index (χ4v) is 1.41. The second-order valence-electron chi connectivity index (χ2n) is 4.53. The monoisotopic (exact) mass is 275 g/mol. The first-order chi connectivity index (χ1) is 7.58. The zero-order valence-corrected chi connectivity index (χ0v) is 12.2. The Hall–Kier alpha value is -0.220. The SMILES string of the molecule is CC(C)(S)CNCCOCc1ccccc1.Cl. The van der Waals surface area contributed by atoms with Crippen LogP contribution >= 0.6 is 25.0 Å². The standard InChI is InChI=1S/C13H21NOS.ClH/c1-13(2,16)11-14-8-9-15-10-12-6-4-3-5-7-12;/h3-7,14,16H,8-11H2,1-2H3;1H. The molecule has 1 aromatic rings. The molecule has 0 spiro atoms. The van der Waals surface area contributed by atoms with Gasteiger partial charge in [0, 0.05) is 17.8 Å². The number of hydrogen-bond donors (Lipinski definition) is 2. The summed E-state index contributed by atoms with van der Waals surface area (Å²) in [5.41, 5.74) is 1.22. The van der Waals surface area contributed by atoms with Crippen LogP contribution in [-0.4, -0.2) is 24.4 Å². The molecular weight excluding hydrogens is 254 g/mol. The quantitative estimate of drug-likeness (QED) is 0.590. The molecule has 1 N–H and O–H groups in total. The van der Waals surface area contributed by atoms with Crippen LogP contribution in [0.5, 0.6) is 0 Å². The molecule has 0 amide bonds. The lowest BCUT2D eigenvalue weighted by atomic mass is 10.2. The van der Waals surface area contributed by atoms with Gasteiger partial charge in [-0.15, -0.1) is 12.4 Å². The van der Waals surface area contributed by atoms with Crippen molar-refractivity contribution in [3.8, 4) is 0 Å². The number of benzene rings is 1. The van der Waals surface area contributed by atoms with Gasteiger partial charge in [-0.25, -0.2) is 0 Å². The molecule has 0 saturated heterocycles. The van der Waals surface area contributed by atoms with Crippen molar-refractivity contribution in [2.45, 2.75) is 25.2 Å². The molecule has 0 saturated carbocycles. The first-order valence-electron chi connectivity index (χ1n) is 5.63. The maximum absolute atomic E-state index is 5.55. The minimum Gasteiger partial charge on any atom is -0.375 e. The summed E-state index contributed by atoms with van der Waals surface area (Å²) in [4.78, 5) is 0. The molecule has 0 fully saturated rings. The highest BCUT2D eigenvalue weighted by molar-refractivity contribution is 7.81. The van der Waals surface area contributed by atoms with Crippen LogP contribution in [0.3, 0.4) is 0 Å². The molecule has 0 aromatic heterocycles. The molecule has 1 rings (SSSR count). The van der Waals surface area contributed by atoms with E-state index in [0.717, 1.165) is 19.7 Å². The molecule has 0 aliphatic carbocycles. The predicted molar refractivity (Wildman–Crippen MR) is 79.3 cm³/mol. The minimum absolute atomic E-state index is 0. The summed E-state index contributed by atoms with van der Waals surface area (Å²) in [6.45, 7) is 7.37. The van der Waals surface area contributed by atoms with E-state index >= 15 is 0 Å². The number of thiol groups is 1. The molecule has 0 bridgehead atoms. The average Bonchev–Trinajstić information content (AvgIpc) is 2.23.